The van der Waals surface area contributed by atoms with Crippen molar-refractivity contribution in [2.75, 3.05) is 18.5 Å². The van der Waals surface area contributed by atoms with Crippen LogP contribution >= 0.6 is 0 Å². The molecule has 1 aliphatic heterocycles. The van der Waals surface area contributed by atoms with Crippen molar-refractivity contribution in [3.05, 3.63) is 108 Å². The highest BCUT2D eigenvalue weighted by atomic mass is 16.5. The fraction of sp³-hybridized carbons (Fsp3) is 0.161. The lowest BCUT2D eigenvalue weighted by Crippen LogP contribution is -2.24. The monoisotopic (exact) mass is 504 g/mol. The van der Waals surface area contributed by atoms with Crippen molar-refractivity contribution in [1.82, 2.24) is 9.13 Å². The largest absolute Gasteiger partial charge is 0.508 e. The third kappa shape index (κ3) is 4.37. The standard InChI is InChI=1S/C31H28N4O3/c32-31-34(19-22-7-1-6-12-29(22)36)27-10-4-5-11-28(27)35(31)24-15-13-21(14-16-24)25-8-2-3-9-26(25)33-30(37)23-17-18-38-20-23/h1-16,23,32,36H,17-20H2,(H,33,37). The van der Waals surface area contributed by atoms with Gasteiger partial charge in [-0.15, -0.1) is 0 Å². The van der Waals surface area contributed by atoms with Crippen LogP contribution in [0.25, 0.3) is 27.8 Å². The number of ether oxygens (including phenoxy) is 1. The summed E-state index contributed by atoms with van der Waals surface area (Å²) in [6.45, 7) is 1.48. The minimum atomic E-state index is -0.118. The highest BCUT2D eigenvalue weighted by Gasteiger charge is 2.24. The Morgan fingerprint density at radius 2 is 1.63 bits per heavy atom. The van der Waals surface area contributed by atoms with Crippen LogP contribution in [0, 0.1) is 11.3 Å². The number of hydrogen-bond acceptors (Lipinski definition) is 4. The molecule has 2 heterocycles. The number of fused-ring (bicyclic) bond motifs is 1. The molecule has 4 aromatic carbocycles. The lowest BCUT2D eigenvalue weighted by atomic mass is 10.0. The van der Waals surface area contributed by atoms with Gasteiger partial charge in [0.05, 0.1) is 30.1 Å². The van der Waals surface area contributed by atoms with Crippen LogP contribution in [0.1, 0.15) is 12.0 Å². The van der Waals surface area contributed by atoms with E-state index in [1.54, 1.807) is 12.1 Å². The maximum absolute atomic E-state index is 12.7. The van der Waals surface area contributed by atoms with E-state index in [0.29, 0.717) is 25.4 Å². The molecule has 7 heteroatoms. The number of imidazole rings is 1. The lowest BCUT2D eigenvalue weighted by molar-refractivity contribution is -0.119. The first kappa shape index (κ1) is 23.8. The van der Waals surface area contributed by atoms with Crippen molar-refractivity contribution in [3.8, 4) is 22.6 Å². The molecule has 0 saturated carbocycles. The van der Waals surface area contributed by atoms with Gasteiger partial charge < -0.3 is 19.7 Å². The topological polar surface area (TPSA) is 92.3 Å². The smallest absolute Gasteiger partial charge is 0.229 e. The number of carbonyl (C=O) groups is 1. The zero-order valence-electron chi connectivity index (χ0n) is 20.8. The van der Waals surface area contributed by atoms with Crippen LogP contribution in [-0.2, 0) is 16.1 Å². The molecule has 1 aliphatic rings. The maximum atomic E-state index is 12.7. The Morgan fingerprint density at radius 3 is 2.39 bits per heavy atom. The number of amides is 1. The fourth-order valence-electron chi connectivity index (χ4n) is 5.08. The van der Waals surface area contributed by atoms with E-state index in [4.69, 9.17) is 10.1 Å². The molecule has 1 unspecified atom stereocenters. The molecule has 0 aliphatic carbocycles. The van der Waals surface area contributed by atoms with Gasteiger partial charge in [-0.05, 0) is 48.4 Å². The first-order chi connectivity index (χ1) is 18.6. The number of nitrogens with one attached hydrogen (secondary N) is 2. The molecule has 1 saturated heterocycles. The first-order valence-corrected chi connectivity index (χ1v) is 12.7. The van der Waals surface area contributed by atoms with E-state index in [2.05, 4.69) is 5.32 Å². The summed E-state index contributed by atoms with van der Waals surface area (Å²) in [6, 6.07) is 30.9. The summed E-state index contributed by atoms with van der Waals surface area (Å²) in [5.41, 5.74) is 6.42. The van der Waals surface area contributed by atoms with Gasteiger partial charge in [-0.25, -0.2) is 0 Å². The van der Waals surface area contributed by atoms with Crippen molar-refractivity contribution < 1.29 is 14.6 Å². The van der Waals surface area contributed by atoms with Gasteiger partial charge in [0.2, 0.25) is 11.5 Å². The van der Waals surface area contributed by atoms with Gasteiger partial charge in [-0.2, -0.15) is 0 Å². The summed E-state index contributed by atoms with van der Waals surface area (Å²) in [5.74, 6) is 0.0810. The Kier molecular flexibility index (Phi) is 6.27. The summed E-state index contributed by atoms with van der Waals surface area (Å²) < 4.78 is 9.18. The SMILES string of the molecule is N=c1n(Cc2ccccc2O)c2ccccc2n1-c1ccc(-c2ccccc2NC(=O)C2CCOC2)cc1. The van der Waals surface area contributed by atoms with Crippen molar-refractivity contribution in [2.24, 2.45) is 5.92 Å². The van der Waals surface area contributed by atoms with E-state index in [1.807, 2.05) is 94.1 Å². The van der Waals surface area contributed by atoms with E-state index < -0.39 is 0 Å². The van der Waals surface area contributed by atoms with Crippen molar-refractivity contribution in [3.63, 3.8) is 0 Å². The number of phenolic OH excluding ortho intramolecular Hbond substituents is 1. The van der Waals surface area contributed by atoms with Crippen LogP contribution < -0.4 is 10.9 Å². The normalized spacial score (nSPS) is 15.1. The molecule has 0 bridgehead atoms. The summed E-state index contributed by atoms with van der Waals surface area (Å²) in [4.78, 5) is 12.7. The Morgan fingerprint density at radius 1 is 0.921 bits per heavy atom. The second-order valence-electron chi connectivity index (χ2n) is 9.50. The highest BCUT2D eigenvalue weighted by Crippen LogP contribution is 2.30. The maximum Gasteiger partial charge on any atom is 0.229 e. The van der Waals surface area contributed by atoms with E-state index >= 15 is 0 Å². The second kappa shape index (κ2) is 10.0. The summed E-state index contributed by atoms with van der Waals surface area (Å²) in [6.07, 6.45) is 0.743. The molecule has 1 amide bonds. The van der Waals surface area contributed by atoms with Crippen molar-refractivity contribution >= 4 is 22.6 Å². The minimum Gasteiger partial charge on any atom is -0.508 e. The molecule has 5 aromatic rings. The summed E-state index contributed by atoms with van der Waals surface area (Å²) in [7, 11) is 0. The minimum absolute atomic E-state index is 0.0155. The predicted octanol–water partition coefficient (Wildman–Crippen LogP) is 5.31. The predicted molar refractivity (Wildman–Crippen MR) is 147 cm³/mol. The number of carbonyl (C=O) groups excluding carboxylic acids is 1. The van der Waals surface area contributed by atoms with Gasteiger partial charge >= 0.3 is 0 Å². The number of phenols is 1. The number of aromatic hydroxyl groups is 1. The molecule has 38 heavy (non-hydrogen) atoms. The van der Waals surface area contributed by atoms with Gasteiger partial charge in [0.15, 0.2) is 0 Å². The number of para-hydroxylation sites is 4. The molecule has 190 valence electrons. The molecule has 0 spiro atoms. The van der Waals surface area contributed by atoms with Crippen molar-refractivity contribution in [1.29, 1.82) is 5.41 Å². The van der Waals surface area contributed by atoms with Gasteiger partial charge in [-0.1, -0.05) is 60.7 Å². The van der Waals surface area contributed by atoms with Gasteiger partial charge in [0, 0.05) is 29.1 Å². The number of anilines is 1. The van der Waals surface area contributed by atoms with E-state index in [1.165, 1.54) is 0 Å². The first-order valence-electron chi connectivity index (χ1n) is 12.7. The second-order valence-corrected chi connectivity index (χ2v) is 9.50. The Labute approximate surface area is 220 Å². The Hall–Kier alpha value is -4.62. The lowest BCUT2D eigenvalue weighted by Gasteiger charge is -2.14. The average Bonchev–Trinajstić information content (AvgIpc) is 3.58. The quantitative estimate of drug-likeness (QED) is 0.293. The molecular weight excluding hydrogens is 476 g/mol. The van der Waals surface area contributed by atoms with Gasteiger partial charge in [0.25, 0.3) is 0 Å². The number of rotatable bonds is 6. The summed E-state index contributed by atoms with van der Waals surface area (Å²) in [5, 5.41) is 22.4. The highest BCUT2D eigenvalue weighted by molar-refractivity contribution is 5.97. The van der Waals surface area contributed by atoms with Crippen molar-refractivity contribution in [2.45, 2.75) is 13.0 Å². The fourth-order valence-corrected chi connectivity index (χ4v) is 5.08. The number of nitrogens with zero attached hydrogens (tertiary/aromatic N) is 2. The average molecular weight is 505 g/mol. The van der Waals surface area contributed by atoms with Crippen LogP contribution in [-0.4, -0.2) is 33.4 Å². The number of benzene rings is 4. The van der Waals surface area contributed by atoms with Crippen LogP contribution in [0.2, 0.25) is 0 Å². The van der Waals surface area contributed by atoms with Gasteiger partial charge in [0.1, 0.15) is 5.75 Å². The third-order valence-corrected chi connectivity index (χ3v) is 7.12. The molecule has 7 nitrogen and oxygen atoms in total. The van der Waals surface area contributed by atoms with Gasteiger partial charge in [-0.3, -0.25) is 14.8 Å². The molecule has 3 N–H and O–H groups in total. The molecule has 1 fully saturated rings. The van der Waals surface area contributed by atoms with E-state index in [9.17, 15) is 9.90 Å². The molecule has 1 atom stereocenters. The molecular formula is C31H28N4O3. The van der Waals surface area contributed by atoms with Crippen LogP contribution in [0.5, 0.6) is 5.75 Å². The number of aromatic nitrogens is 2. The molecule has 6 rings (SSSR count). The molecule has 0 radical (unpaired) electrons. The van der Waals surface area contributed by atoms with Crippen LogP contribution in [0.4, 0.5) is 5.69 Å². The Balaban J connectivity index is 1.35. The molecule has 1 aromatic heterocycles. The zero-order chi connectivity index (χ0) is 26.1. The summed E-state index contributed by atoms with van der Waals surface area (Å²) >= 11 is 0. The number of hydrogen-bond donors (Lipinski definition) is 3. The zero-order valence-corrected chi connectivity index (χ0v) is 20.8. The van der Waals surface area contributed by atoms with Crippen LogP contribution in [0.15, 0.2) is 97.1 Å². The Bertz CT molecular complexity index is 1680. The van der Waals surface area contributed by atoms with E-state index in [0.717, 1.165) is 45.5 Å². The van der Waals surface area contributed by atoms with E-state index in [-0.39, 0.29) is 17.6 Å². The van der Waals surface area contributed by atoms with Crippen LogP contribution in [0.3, 0.4) is 0 Å². The third-order valence-electron chi connectivity index (χ3n) is 7.12.